The van der Waals surface area contributed by atoms with Crippen LogP contribution in [0.25, 0.3) is 47.7 Å². The van der Waals surface area contributed by atoms with Crippen molar-refractivity contribution in [2.45, 2.75) is 43.9 Å². The van der Waals surface area contributed by atoms with Gasteiger partial charge in [0.05, 0.1) is 22.4 Å². The largest absolute Gasteiger partial charge is 0.310 e. The molecule has 2 aromatic heterocycles. The minimum absolute atomic E-state index is 0.111. The lowest BCUT2D eigenvalue weighted by molar-refractivity contribution is 0.0589. The van der Waals surface area contributed by atoms with Crippen LogP contribution in [0.2, 0.25) is 0 Å². The van der Waals surface area contributed by atoms with Gasteiger partial charge in [-0.05, 0) is 128 Å². The first-order valence-electron chi connectivity index (χ1n) is 18.7. The van der Waals surface area contributed by atoms with Gasteiger partial charge in [0, 0.05) is 47.7 Å². The summed E-state index contributed by atoms with van der Waals surface area (Å²) >= 11 is 1.88. The maximum Gasteiger partial charge on any atom is 0.0542 e. The van der Waals surface area contributed by atoms with Crippen LogP contribution in [0.1, 0.15) is 49.7 Å². The molecule has 2 nitrogen and oxygen atoms in total. The quantitative estimate of drug-likeness (QED) is 0.179. The highest BCUT2D eigenvalue weighted by Crippen LogP contribution is 2.67. The van der Waals surface area contributed by atoms with Crippen molar-refractivity contribution in [2.75, 3.05) is 4.90 Å². The lowest BCUT2D eigenvalue weighted by Crippen LogP contribution is -2.51. The molecule has 4 saturated carbocycles. The first-order valence-corrected chi connectivity index (χ1v) is 19.5. The van der Waals surface area contributed by atoms with Crippen LogP contribution in [0, 0.1) is 23.7 Å². The van der Waals surface area contributed by atoms with Crippen molar-refractivity contribution in [1.29, 1.82) is 0 Å². The number of rotatable bonds is 2. The number of fused-ring (bicyclic) bond motifs is 9. The molecule has 5 aliphatic rings. The van der Waals surface area contributed by atoms with E-state index in [2.05, 4.69) is 143 Å². The standard InChI is InChI=1S/C47H38N2S/c1-5-13-41-35(9-1)37-27-33(19-21-42(37)48(41)34-20-22-46-38(28-34)36-10-2-8-16-45(36)50-46)49-43-14-6-3-11-39(43)47(40-12-4-7-15-44(40)49)31-18-17-29-23-30(25-31)26-32(47)24-29/h1-16,19-22,27-32H,17-18,23-26H2/t29-,30+,31?,32-/m0/s1. The first kappa shape index (κ1) is 27.9. The molecule has 4 atom stereocenters. The second-order valence-electron chi connectivity index (χ2n) is 15.7. The van der Waals surface area contributed by atoms with Gasteiger partial charge in [0.2, 0.25) is 0 Å². The van der Waals surface area contributed by atoms with Crippen molar-refractivity contribution in [3.8, 4) is 5.69 Å². The van der Waals surface area contributed by atoms with E-state index in [0.29, 0.717) is 0 Å². The highest BCUT2D eigenvalue weighted by atomic mass is 32.1. The van der Waals surface area contributed by atoms with Crippen molar-refractivity contribution in [1.82, 2.24) is 4.57 Å². The third kappa shape index (κ3) is 3.59. The van der Waals surface area contributed by atoms with Crippen LogP contribution in [0.4, 0.5) is 17.1 Å². The van der Waals surface area contributed by atoms with Crippen LogP contribution in [0.15, 0.2) is 133 Å². The Labute approximate surface area is 296 Å². The van der Waals surface area contributed by atoms with Crippen LogP contribution in [0.5, 0.6) is 0 Å². The third-order valence-electron chi connectivity index (χ3n) is 13.4. The van der Waals surface area contributed by atoms with Gasteiger partial charge in [-0.1, -0.05) is 79.2 Å². The molecule has 1 spiro atoms. The topological polar surface area (TPSA) is 8.17 Å². The highest BCUT2D eigenvalue weighted by molar-refractivity contribution is 7.25. The summed E-state index contributed by atoms with van der Waals surface area (Å²) in [5.41, 5.74) is 11.0. The second-order valence-corrected chi connectivity index (χ2v) is 16.8. The molecule has 0 N–H and O–H groups in total. The Morgan fingerprint density at radius 3 is 1.98 bits per heavy atom. The van der Waals surface area contributed by atoms with E-state index in [-0.39, 0.29) is 5.41 Å². The summed E-state index contributed by atoms with van der Waals surface area (Å²) < 4.78 is 5.17. The minimum Gasteiger partial charge on any atom is -0.310 e. The molecule has 6 aromatic carbocycles. The summed E-state index contributed by atoms with van der Waals surface area (Å²) in [7, 11) is 0. The molecule has 3 heteroatoms. The lowest BCUT2D eigenvalue weighted by Gasteiger charge is -2.58. The van der Waals surface area contributed by atoms with Crippen molar-refractivity contribution in [3.05, 3.63) is 145 Å². The maximum absolute atomic E-state index is 2.60. The molecule has 13 rings (SSSR count). The molecule has 0 radical (unpaired) electrons. The van der Waals surface area contributed by atoms with Gasteiger partial charge < -0.3 is 9.47 Å². The number of para-hydroxylation sites is 3. The Kier molecular flexibility index (Phi) is 5.64. The number of hydrogen-bond acceptors (Lipinski definition) is 2. The zero-order chi connectivity index (χ0) is 32.6. The summed E-state index contributed by atoms with van der Waals surface area (Å²) in [6.07, 6.45) is 8.46. The van der Waals surface area contributed by atoms with Gasteiger partial charge in [0.1, 0.15) is 0 Å². The Balaban J connectivity index is 1.07. The molecule has 1 aliphatic heterocycles. The van der Waals surface area contributed by atoms with E-state index in [1.54, 1.807) is 11.1 Å². The molecular formula is C47H38N2S. The SMILES string of the molecule is c1ccc2c(c1)N(c1ccc3c(c1)c1ccccc1n3-c1ccc3sc4ccccc4c3c1)c1ccccc1C21C2CC[C@H]3C[C@H](C2)C[C@@H]1C3. The van der Waals surface area contributed by atoms with Crippen LogP contribution >= 0.6 is 11.3 Å². The summed E-state index contributed by atoms with van der Waals surface area (Å²) in [5.74, 6) is 3.30. The number of aromatic nitrogens is 1. The molecule has 242 valence electrons. The van der Waals surface area contributed by atoms with Gasteiger partial charge in [-0.3, -0.25) is 0 Å². The fourth-order valence-corrected chi connectivity index (χ4v) is 12.9. The summed E-state index contributed by atoms with van der Waals surface area (Å²) in [5, 5.41) is 5.27. The fraction of sp³-hybridized carbons (Fsp3) is 0.234. The molecule has 0 saturated heterocycles. The van der Waals surface area contributed by atoms with E-state index in [1.807, 2.05) is 11.3 Å². The van der Waals surface area contributed by atoms with E-state index in [0.717, 1.165) is 23.7 Å². The number of nitrogens with zero attached hydrogens (tertiary/aromatic N) is 2. The Hall–Kier alpha value is -4.86. The number of thiophene rings is 1. The molecule has 0 amide bonds. The Bertz CT molecular complexity index is 2620. The van der Waals surface area contributed by atoms with Crippen LogP contribution in [-0.4, -0.2) is 4.57 Å². The summed E-state index contributed by atoms with van der Waals surface area (Å²) in [6, 6.07) is 51.1. The van der Waals surface area contributed by atoms with E-state index in [4.69, 9.17) is 0 Å². The number of hydrogen-bond donors (Lipinski definition) is 0. The normalized spacial score (nSPS) is 23.2. The zero-order valence-corrected chi connectivity index (χ0v) is 28.9. The molecule has 4 fully saturated rings. The predicted octanol–water partition coefficient (Wildman–Crippen LogP) is 13.1. The Morgan fingerprint density at radius 1 is 0.480 bits per heavy atom. The average molecular weight is 663 g/mol. The highest BCUT2D eigenvalue weighted by Gasteiger charge is 2.59. The molecule has 3 heterocycles. The van der Waals surface area contributed by atoms with E-state index in [1.165, 1.54) is 103 Å². The second kappa shape index (κ2) is 10.1. The Morgan fingerprint density at radius 2 is 1.12 bits per heavy atom. The fourth-order valence-electron chi connectivity index (χ4n) is 11.8. The van der Waals surface area contributed by atoms with Crippen molar-refractivity contribution >= 4 is 70.4 Å². The van der Waals surface area contributed by atoms with E-state index >= 15 is 0 Å². The molecule has 8 aromatic rings. The molecule has 50 heavy (non-hydrogen) atoms. The molecular weight excluding hydrogens is 625 g/mol. The molecule has 4 aliphatic carbocycles. The minimum atomic E-state index is 0.111. The number of benzene rings is 6. The first-order chi connectivity index (χ1) is 24.8. The number of anilines is 3. The summed E-state index contributed by atoms with van der Waals surface area (Å²) in [6.45, 7) is 0. The van der Waals surface area contributed by atoms with Gasteiger partial charge in [0.25, 0.3) is 0 Å². The molecule has 4 bridgehead atoms. The zero-order valence-electron chi connectivity index (χ0n) is 28.1. The summed E-state index contributed by atoms with van der Waals surface area (Å²) in [4.78, 5) is 2.60. The van der Waals surface area contributed by atoms with Crippen LogP contribution in [-0.2, 0) is 5.41 Å². The van der Waals surface area contributed by atoms with Crippen molar-refractivity contribution in [2.24, 2.45) is 23.7 Å². The van der Waals surface area contributed by atoms with Crippen LogP contribution in [0.3, 0.4) is 0 Å². The van der Waals surface area contributed by atoms with Crippen molar-refractivity contribution in [3.63, 3.8) is 0 Å². The average Bonchev–Trinajstić information content (AvgIpc) is 3.62. The maximum atomic E-state index is 2.60. The van der Waals surface area contributed by atoms with E-state index < -0.39 is 0 Å². The smallest absolute Gasteiger partial charge is 0.0542 e. The third-order valence-corrected chi connectivity index (χ3v) is 14.6. The van der Waals surface area contributed by atoms with E-state index in [9.17, 15) is 0 Å². The van der Waals surface area contributed by atoms with Gasteiger partial charge in [-0.25, -0.2) is 0 Å². The van der Waals surface area contributed by atoms with Gasteiger partial charge in [-0.15, -0.1) is 11.3 Å². The van der Waals surface area contributed by atoms with Gasteiger partial charge in [0.15, 0.2) is 0 Å². The monoisotopic (exact) mass is 662 g/mol. The predicted molar refractivity (Wildman–Crippen MR) is 211 cm³/mol. The van der Waals surface area contributed by atoms with Crippen LogP contribution < -0.4 is 4.90 Å². The lowest BCUT2D eigenvalue weighted by atomic mass is 9.48. The molecule has 1 unspecified atom stereocenters. The van der Waals surface area contributed by atoms with Gasteiger partial charge in [-0.2, -0.15) is 0 Å². The van der Waals surface area contributed by atoms with Gasteiger partial charge >= 0.3 is 0 Å². The van der Waals surface area contributed by atoms with Crippen molar-refractivity contribution < 1.29 is 0 Å².